The molecular weight excluding hydrogens is 308 g/mol. The summed E-state index contributed by atoms with van der Waals surface area (Å²) in [7, 11) is 1.23. The lowest BCUT2D eigenvalue weighted by Crippen LogP contribution is -2.27. The van der Waals surface area contributed by atoms with Crippen LogP contribution in [-0.4, -0.2) is 19.0 Å². The van der Waals surface area contributed by atoms with Crippen LogP contribution in [0.2, 0.25) is 0 Å². The average molecular weight is 323 g/mol. The first-order chi connectivity index (χ1) is 10.9. The standard InChI is InChI=1S/C16H15F2NO4/c1-9(10-3-4-12(17)13(18)7-10)19-16(21)11-5-6-23-14(11)8-15(20)22-2/h3-7,9H,8H2,1-2H3,(H,19,21)/t9-/m1/s1. The van der Waals surface area contributed by atoms with E-state index in [0.717, 1.165) is 12.1 Å². The molecule has 0 aliphatic heterocycles. The second-order valence-corrected chi connectivity index (χ2v) is 4.88. The maximum atomic E-state index is 13.2. The Hall–Kier alpha value is -2.70. The van der Waals surface area contributed by atoms with Gasteiger partial charge in [0.25, 0.3) is 5.91 Å². The van der Waals surface area contributed by atoms with Gasteiger partial charge in [-0.15, -0.1) is 0 Å². The molecule has 1 aromatic heterocycles. The number of methoxy groups -OCH3 is 1. The fourth-order valence-corrected chi connectivity index (χ4v) is 2.02. The van der Waals surface area contributed by atoms with E-state index in [0.29, 0.717) is 5.56 Å². The van der Waals surface area contributed by atoms with Crippen molar-refractivity contribution in [3.05, 3.63) is 59.1 Å². The molecule has 0 spiro atoms. The third-order valence-corrected chi connectivity index (χ3v) is 3.31. The molecule has 0 saturated carbocycles. The molecule has 1 heterocycles. The highest BCUT2D eigenvalue weighted by molar-refractivity contribution is 5.96. The van der Waals surface area contributed by atoms with Gasteiger partial charge in [0, 0.05) is 0 Å². The van der Waals surface area contributed by atoms with Crippen LogP contribution in [0.25, 0.3) is 0 Å². The first-order valence-corrected chi connectivity index (χ1v) is 6.81. The molecule has 7 heteroatoms. The highest BCUT2D eigenvalue weighted by atomic mass is 19.2. The van der Waals surface area contributed by atoms with Crippen LogP contribution in [0.4, 0.5) is 8.78 Å². The fourth-order valence-electron chi connectivity index (χ4n) is 2.02. The zero-order valence-electron chi connectivity index (χ0n) is 12.6. The molecule has 0 bridgehead atoms. The number of furan rings is 1. The number of esters is 1. The highest BCUT2D eigenvalue weighted by Gasteiger charge is 2.20. The summed E-state index contributed by atoms with van der Waals surface area (Å²) in [5.41, 5.74) is 0.597. The number of amides is 1. The molecule has 1 amide bonds. The van der Waals surface area contributed by atoms with E-state index in [9.17, 15) is 18.4 Å². The Balaban J connectivity index is 2.11. The van der Waals surface area contributed by atoms with Crippen LogP contribution in [0.5, 0.6) is 0 Å². The summed E-state index contributed by atoms with van der Waals surface area (Å²) < 4.78 is 35.8. The van der Waals surface area contributed by atoms with Gasteiger partial charge in [0.1, 0.15) is 12.2 Å². The molecule has 5 nitrogen and oxygen atoms in total. The SMILES string of the molecule is COC(=O)Cc1occc1C(=O)N[C@H](C)c1ccc(F)c(F)c1. The lowest BCUT2D eigenvalue weighted by atomic mass is 10.1. The van der Waals surface area contributed by atoms with Gasteiger partial charge in [-0.25, -0.2) is 8.78 Å². The number of hydrogen-bond acceptors (Lipinski definition) is 4. The summed E-state index contributed by atoms with van der Waals surface area (Å²) in [6.45, 7) is 1.63. The minimum absolute atomic E-state index is 0.173. The van der Waals surface area contributed by atoms with Crippen molar-refractivity contribution in [1.29, 1.82) is 0 Å². The first-order valence-electron chi connectivity index (χ1n) is 6.81. The van der Waals surface area contributed by atoms with Crippen LogP contribution in [0.3, 0.4) is 0 Å². The number of carbonyl (C=O) groups excluding carboxylic acids is 2. The molecule has 23 heavy (non-hydrogen) atoms. The van der Waals surface area contributed by atoms with Gasteiger partial charge in [0.15, 0.2) is 11.6 Å². The second-order valence-electron chi connectivity index (χ2n) is 4.88. The van der Waals surface area contributed by atoms with E-state index in [1.54, 1.807) is 6.92 Å². The Bertz CT molecular complexity index is 727. The quantitative estimate of drug-likeness (QED) is 0.859. The van der Waals surface area contributed by atoms with Crippen molar-refractivity contribution in [2.45, 2.75) is 19.4 Å². The third kappa shape index (κ3) is 3.94. The summed E-state index contributed by atoms with van der Waals surface area (Å²) in [4.78, 5) is 23.5. The molecule has 0 fully saturated rings. The van der Waals surface area contributed by atoms with Crippen molar-refractivity contribution < 1.29 is 27.5 Å². The second kappa shape index (κ2) is 7.04. The smallest absolute Gasteiger partial charge is 0.313 e. The maximum Gasteiger partial charge on any atom is 0.313 e. The van der Waals surface area contributed by atoms with Gasteiger partial charge in [-0.05, 0) is 30.7 Å². The Morgan fingerprint density at radius 1 is 1.26 bits per heavy atom. The average Bonchev–Trinajstić information content (AvgIpc) is 2.97. The first kappa shape index (κ1) is 16.7. The predicted octanol–water partition coefficient (Wildman–Crippen LogP) is 2.76. The van der Waals surface area contributed by atoms with Gasteiger partial charge in [-0.1, -0.05) is 6.07 Å². The molecule has 2 rings (SSSR count). The van der Waals surface area contributed by atoms with Gasteiger partial charge in [0.2, 0.25) is 0 Å². The van der Waals surface area contributed by atoms with E-state index < -0.39 is 29.6 Å². The number of carbonyl (C=O) groups is 2. The molecule has 0 saturated heterocycles. The van der Waals surface area contributed by atoms with Gasteiger partial charge in [-0.2, -0.15) is 0 Å². The van der Waals surface area contributed by atoms with Crippen molar-refractivity contribution in [1.82, 2.24) is 5.32 Å². The van der Waals surface area contributed by atoms with Crippen molar-refractivity contribution in [3.8, 4) is 0 Å². The van der Waals surface area contributed by atoms with E-state index in [4.69, 9.17) is 4.42 Å². The summed E-state index contributed by atoms with van der Waals surface area (Å²) >= 11 is 0. The third-order valence-electron chi connectivity index (χ3n) is 3.31. The van der Waals surface area contributed by atoms with Gasteiger partial charge in [-0.3, -0.25) is 9.59 Å². The van der Waals surface area contributed by atoms with Crippen LogP contribution in [0.1, 0.15) is 34.6 Å². The van der Waals surface area contributed by atoms with Crippen molar-refractivity contribution >= 4 is 11.9 Å². The largest absolute Gasteiger partial charge is 0.469 e. The van der Waals surface area contributed by atoms with E-state index in [2.05, 4.69) is 10.1 Å². The number of rotatable bonds is 5. The van der Waals surface area contributed by atoms with E-state index in [-0.39, 0.29) is 17.7 Å². The van der Waals surface area contributed by atoms with E-state index >= 15 is 0 Å². The van der Waals surface area contributed by atoms with E-state index in [1.807, 2.05) is 0 Å². The molecule has 1 aromatic carbocycles. The Morgan fingerprint density at radius 2 is 2.00 bits per heavy atom. The molecule has 0 unspecified atom stereocenters. The zero-order chi connectivity index (χ0) is 17.0. The summed E-state index contributed by atoms with van der Waals surface area (Å²) in [5.74, 6) is -2.80. The molecule has 2 aromatic rings. The highest BCUT2D eigenvalue weighted by Crippen LogP contribution is 2.18. The number of halogens is 2. The summed E-state index contributed by atoms with van der Waals surface area (Å²) in [6.07, 6.45) is 1.11. The normalized spacial score (nSPS) is 11.8. The maximum absolute atomic E-state index is 13.2. The summed E-state index contributed by atoms with van der Waals surface area (Å²) in [5, 5.41) is 2.64. The van der Waals surface area contributed by atoms with Crippen LogP contribution in [-0.2, 0) is 16.0 Å². The van der Waals surface area contributed by atoms with Crippen LogP contribution in [0, 0.1) is 11.6 Å². The zero-order valence-corrected chi connectivity index (χ0v) is 12.6. The summed E-state index contributed by atoms with van der Waals surface area (Å²) in [6, 6.07) is 4.26. The molecule has 0 aliphatic carbocycles. The van der Waals surface area contributed by atoms with Crippen molar-refractivity contribution in [3.63, 3.8) is 0 Å². The molecule has 0 radical (unpaired) electrons. The molecule has 0 aliphatic rings. The lowest BCUT2D eigenvalue weighted by molar-refractivity contribution is -0.140. The van der Waals surface area contributed by atoms with Gasteiger partial charge in [0.05, 0.1) is 25.0 Å². The minimum atomic E-state index is -0.988. The monoisotopic (exact) mass is 323 g/mol. The minimum Gasteiger partial charge on any atom is -0.469 e. The Morgan fingerprint density at radius 3 is 2.65 bits per heavy atom. The number of hydrogen-bond donors (Lipinski definition) is 1. The topological polar surface area (TPSA) is 68.5 Å². The van der Waals surface area contributed by atoms with Gasteiger partial charge >= 0.3 is 5.97 Å². The van der Waals surface area contributed by atoms with Crippen molar-refractivity contribution in [2.24, 2.45) is 0 Å². The fraction of sp³-hybridized carbons (Fsp3) is 0.250. The Labute approximate surface area is 131 Å². The van der Waals surface area contributed by atoms with Crippen molar-refractivity contribution in [2.75, 3.05) is 7.11 Å². The van der Waals surface area contributed by atoms with Gasteiger partial charge < -0.3 is 14.5 Å². The molecule has 122 valence electrons. The lowest BCUT2D eigenvalue weighted by Gasteiger charge is -2.14. The van der Waals surface area contributed by atoms with Crippen LogP contribution < -0.4 is 5.32 Å². The molecule has 1 atom stereocenters. The Kier molecular flexibility index (Phi) is 5.10. The molecular formula is C16H15F2NO4. The van der Waals surface area contributed by atoms with Crippen LogP contribution >= 0.6 is 0 Å². The molecule has 1 N–H and O–H groups in total. The number of benzene rings is 1. The van der Waals surface area contributed by atoms with Crippen LogP contribution in [0.15, 0.2) is 34.9 Å². The van der Waals surface area contributed by atoms with E-state index in [1.165, 1.54) is 25.5 Å². The number of nitrogens with one attached hydrogen (secondary N) is 1. The predicted molar refractivity (Wildman–Crippen MR) is 76.7 cm³/mol. The number of ether oxygens (including phenoxy) is 1.